The molecule has 1 aliphatic rings. The summed E-state index contributed by atoms with van der Waals surface area (Å²) in [6, 6.07) is 24.6. The fourth-order valence-corrected chi connectivity index (χ4v) is 5.75. The Morgan fingerprint density at radius 1 is 0.914 bits per heavy atom. The normalized spacial score (nSPS) is 13.0. The van der Waals surface area contributed by atoms with E-state index >= 15 is 0 Å². The van der Waals surface area contributed by atoms with E-state index in [0.717, 1.165) is 21.2 Å². The van der Waals surface area contributed by atoms with E-state index in [1.807, 2.05) is 85.3 Å². The lowest BCUT2D eigenvalue weighted by atomic mass is 10.2. The fraction of sp³-hybridized carbons (Fsp3) is 0.154. The Balaban J connectivity index is 1.30. The molecule has 0 fully saturated rings. The van der Waals surface area contributed by atoms with Crippen LogP contribution in [0.1, 0.15) is 29.1 Å². The average Bonchev–Trinajstić information content (AvgIpc) is 3.26. The number of nitrogens with one attached hydrogen (secondary N) is 1. The molecule has 1 aromatic heterocycles. The predicted octanol–water partition coefficient (Wildman–Crippen LogP) is 5.23. The third-order valence-corrected chi connectivity index (χ3v) is 7.78. The van der Waals surface area contributed by atoms with Gasteiger partial charge in [-0.1, -0.05) is 66.0 Å². The van der Waals surface area contributed by atoms with Gasteiger partial charge in [0.1, 0.15) is 0 Å². The van der Waals surface area contributed by atoms with Crippen LogP contribution in [0.4, 0.5) is 11.4 Å². The lowest BCUT2D eigenvalue weighted by Gasteiger charge is -2.30. The van der Waals surface area contributed by atoms with Crippen LogP contribution in [0, 0.1) is 0 Å². The molecule has 1 N–H and O–H groups in total. The number of carbonyl (C=O) groups is 2. The summed E-state index contributed by atoms with van der Waals surface area (Å²) >= 11 is 3.00. The van der Waals surface area contributed by atoms with Crippen molar-refractivity contribution in [3.8, 4) is 0 Å². The molecule has 9 heteroatoms. The number of fused-ring (bicyclic) bond motifs is 2. The Labute approximate surface area is 211 Å². The number of thioether (sulfide) groups is 1. The van der Waals surface area contributed by atoms with Gasteiger partial charge in [0.05, 0.1) is 23.2 Å². The minimum absolute atomic E-state index is 0.0369. The van der Waals surface area contributed by atoms with Crippen molar-refractivity contribution in [1.29, 1.82) is 0 Å². The highest BCUT2D eigenvalue weighted by Gasteiger charge is 2.28. The van der Waals surface area contributed by atoms with Crippen LogP contribution in [0.5, 0.6) is 0 Å². The van der Waals surface area contributed by atoms with Gasteiger partial charge in [0, 0.05) is 22.4 Å². The van der Waals surface area contributed by atoms with Gasteiger partial charge in [-0.25, -0.2) is 0 Å². The van der Waals surface area contributed by atoms with Crippen molar-refractivity contribution >= 4 is 46.7 Å². The van der Waals surface area contributed by atoms with Crippen LogP contribution in [0.2, 0.25) is 0 Å². The van der Waals surface area contributed by atoms with E-state index in [2.05, 4.69) is 15.5 Å². The van der Waals surface area contributed by atoms with E-state index in [-0.39, 0.29) is 23.6 Å². The standard InChI is InChI=1S/C26H23N5O2S2/c1-17(27-25(33)18-10-4-3-5-11-18)24-28-29-26(30(24)2)34-16-23(32)31-19-12-6-8-14-21(19)35-22-15-9-7-13-20(22)31/h3-15,17H,16H2,1-2H3,(H,27,33). The van der Waals surface area contributed by atoms with Crippen LogP contribution in [-0.4, -0.2) is 32.3 Å². The summed E-state index contributed by atoms with van der Waals surface area (Å²) in [5.74, 6) is 0.606. The third-order valence-electron chi connectivity index (χ3n) is 5.65. The summed E-state index contributed by atoms with van der Waals surface area (Å²) in [5.41, 5.74) is 2.36. The van der Waals surface area contributed by atoms with Gasteiger partial charge in [-0.15, -0.1) is 10.2 Å². The molecule has 2 amide bonds. The highest BCUT2D eigenvalue weighted by molar-refractivity contribution is 8.00. The minimum atomic E-state index is -0.344. The van der Waals surface area contributed by atoms with Crippen molar-refractivity contribution in [3.05, 3.63) is 90.3 Å². The highest BCUT2D eigenvalue weighted by Crippen LogP contribution is 2.48. The van der Waals surface area contributed by atoms with Gasteiger partial charge >= 0.3 is 0 Å². The Morgan fingerprint density at radius 3 is 2.17 bits per heavy atom. The van der Waals surface area contributed by atoms with E-state index < -0.39 is 0 Å². The second-order valence-electron chi connectivity index (χ2n) is 8.02. The first-order valence-electron chi connectivity index (χ1n) is 11.1. The maximum absolute atomic E-state index is 13.4. The number of benzene rings is 3. The van der Waals surface area contributed by atoms with Gasteiger partial charge in [-0.05, 0) is 43.3 Å². The van der Waals surface area contributed by atoms with Crippen molar-refractivity contribution in [2.45, 2.75) is 27.9 Å². The molecule has 0 bridgehead atoms. The van der Waals surface area contributed by atoms with Crippen LogP contribution >= 0.6 is 23.5 Å². The predicted molar refractivity (Wildman–Crippen MR) is 138 cm³/mol. The van der Waals surface area contributed by atoms with Gasteiger partial charge in [0.15, 0.2) is 11.0 Å². The summed E-state index contributed by atoms with van der Waals surface area (Å²) in [6.07, 6.45) is 0. The smallest absolute Gasteiger partial charge is 0.251 e. The zero-order chi connectivity index (χ0) is 24.4. The van der Waals surface area contributed by atoms with E-state index in [1.54, 1.807) is 28.8 Å². The number of rotatable bonds is 6. The molecule has 0 spiro atoms. The Morgan fingerprint density at radius 2 is 1.51 bits per heavy atom. The number of aromatic nitrogens is 3. The third kappa shape index (κ3) is 4.69. The van der Waals surface area contributed by atoms with E-state index in [0.29, 0.717) is 16.5 Å². The quantitative estimate of drug-likeness (QED) is 0.365. The first-order valence-corrected chi connectivity index (χ1v) is 12.9. The first-order chi connectivity index (χ1) is 17.0. The summed E-state index contributed by atoms with van der Waals surface area (Å²) in [5, 5.41) is 12.1. The summed E-state index contributed by atoms with van der Waals surface area (Å²) in [6.45, 7) is 1.86. The number of carbonyl (C=O) groups excluding carboxylic acids is 2. The van der Waals surface area contributed by atoms with E-state index in [4.69, 9.17) is 0 Å². The maximum atomic E-state index is 13.4. The van der Waals surface area contributed by atoms with E-state index in [1.165, 1.54) is 11.8 Å². The van der Waals surface area contributed by atoms with Gasteiger partial charge in [-0.2, -0.15) is 0 Å². The number of hydrogen-bond donors (Lipinski definition) is 1. The number of hydrogen-bond acceptors (Lipinski definition) is 6. The minimum Gasteiger partial charge on any atom is -0.342 e. The van der Waals surface area contributed by atoms with Gasteiger partial charge in [0.25, 0.3) is 5.91 Å². The summed E-state index contributed by atoms with van der Waals surface area (Å²) < 4.78 is 1.82. The van der Waals surface area contributed by atoms with Crippen molar-refractivity contribution in [2.75, 3.05) is 10.7 Å². The second-order valence-corrected chi connectivity index (χ2v) is 10.0. The molecule has 35 heavy (non-hydrogen) atoms. The fourth-order valence-electron chi connectivity index (χ4n) is 3.93. The van der Waals surface area contributed by atoms with Gasteiger partial charge in [0.2, 0.25) is 5.91 Å². The number of nitrogens with zero attached hydrogens (tertiary/aromatic N) is 4. The molecular weight excluding hydrogens is 478 g/mol. The second kappa shape index (κ2) is 9.97. The molecule has 176 valence electrons. The molecule has 0 aliphatic carbocycles. The summed E-state index contributed by atoms with van der Waals surface area (Å²) in [7, 11) is 1.84. The molecule has 5 rings (SSSR count). The first kappa shape index (κ1) is 23.2. The van der Waals surface area contributed by atoms with E-state index in [9.17, 15) is 9.59 Å². The zero-order valence-corrected chi connectivity index (χ0v) is 20.8. The number of para-hydroxylation sites is 2. The summed E-state index contributed by atoms with van der Waals surface area (Å²) in [4.78, 5) is 29.8. The van der Waals surface area contributed by atoms with Crippen LogP contribution in [0.15, 0.2) is 93.8 Å². The molecule has 0 saturated carbocycles. The Hall–Kier alpha value is -3.56. The largest absolute Gasteiger partial charge is 0.342 e. The van der Waals surface area contributed by atoms with Gasteiger partial charge in [-0.3, -0.25) is 14.5 Å². The van der Waals surface area contributed by atoms with Crippen LogP contribution < -0.4 is 10.2 Å². The molecule has 4 aromatic rings. The SMILES string of the molecule is CC(NC(=O)c1ccccc1)c1nnc(SCC(=O)N2c3ccccc3Sc3ccccc32)n1C. The van der Waals surface area contributed by atoms with Crippen LogP contribution in [0.3, 0.4) is 0 Å². The maximum Gasteiger partial charge on any atom is 0.251 e. The molecule has 0 saturated heterocycles. The van der Waals surface area contributed by atoms with Crippen molar-refractivity contribution in [3.63, 3.8) is 0 Å². The number of anilines is 2. The molecular formula is C26H23N5O2S2. The average molecular weight is 502 g/mol. The zero-order valence-electron chi connectivity index (χ0n) is 19.2. The number of amides is 2. The highest BCUT2D eigenvalue weighted by atomic mass is 32.2. The molecule has 7 nitrogen and oxygen atoms in total. The van der Waals surface area contributed by atoms with Crippen LogP contribution in [0.25, 0.3) is 0 Å². The van der Waals surface area contributed by atoms with Crippen molar-refractivity contribution in [1.82, 2.24) is 20.1 Å². The lowest BCUT2D eigenvalue weighted by molar-refractivity contribution is -0.115. The Bertz CT molecular complexity index is 1340. The topological polar surface area (TPSA) is 80.1 Å². The van der Waals surface area contributed by atoms with Gasteiger partial charge < -0.3 is 9.88 Å². The monoisotopic (exact) mass is 501 g/mol. The molecule has 3 aromatic carbocycles. The lowest BCUT2D eigenvalue weighted by Crippen LogP contribution is -2.30. The molecule has 1 aliphatic heterocycles. The molecule has 0 radical (unpaired) electrons. The van der Waals surface area contributed by atoms with Crippen LogP contribution in [-0.2, 0) is 11.8 Å². The van der Waals surface area contributed by atoms with Crippen molar-refractivity contribution in [2.24, 2.45) is 7.05 Å². The van der Waals surface area contributed by atoms with Crippen molar-refractivity contribution < 1.29 is 9.59 Å². The molecule has 2 heterocycles. The Kier molecular flexibility index (Phi) is 6.61. The molecule has 1 unspecified atom stereocenters. The molecule has 1 atom stereocenters.